The van der Waals surface area contributed by atoms with Gasteiger partial charge in [0.05, 0.1) is 27.3 Å². The number of nitrogens with one attached hydrogen (secondary N) is 1. The number of Topliss-reactive ketones (excluding diaryl/α,β-unsaturated/α-hetero) is 3. The number of hydrogen-bond donors (Lipinski definition) is 4. The molecule has 0 fully saturated rings. The molecule has 0 aliphatic heterocycles. The molecule has 5 rings (SSSR count). The van der Waals surface area contributed by atoms with Gasteiger partial charge in [0, 0.05) is 32.9 Å². The fraction of sp³-hybridized carbons (Fsp3) is 0.206. The number of ketones is 3. The van der Waals surface area contributed by atoms with E-state index in [-0.39, 0.29) is 45.8 Å². The van der Waals surface area contributed by atoms with E-state index in [1.165, 1.54) is 48.3 Å². The van der Waals surface area contributed by atoms with Crippen molar-refractivity contribution in [3.8, 4) is 11.5 Å². The fourth-order valence-electron chi connectivity index (χ4n) is 4.36. The Morgan fingerprint density at radius 3 is 1.49 bits per heavy atom. The molecule has 266 valence electrons. The second kappa shape index (κ2) is 17.5. The first kappa shape index (κ1) is 38.5. The molecule has 0 unspecified atom stereocenters. The Morgan fingerprint density at radius 2 is 1.10 bits per heavy atom. The maximum atomic E-state index is 11.6. The molecule has 0 aliphatic rings. The molecule has 0 aliphatic carbocycles. The molecular weight excluding hydrogens is 662 g/mol. The van der Waals surface area contributed by atoms with E-state index in [1.807, 2.05) is 48.5 Å². The number of rotatable bonds is 12. The van der Waals surface area contributed by atoms with Crippen molar-refractivity contribution in [2.24, 2.45) is 17.2 Å². The van der Waals surface area contributed by atoms with Gasteiger partial charge in [-0.05, 0) is 41.5 Å². The summed E-state index contributed by atoms with van der Waals surface area (Å²) in [5, 5.41) is 14.1. The van der Waals surface area contributed by atoms with Crippen LogP contribution < -0.4 is 26.7 Å². The Bertz CT molecular complexity index is 1930. The second-order valence-electron chi connectivity index (χ2n) is 10.8. The number of nitrogens with two attached hydrogens (primary N) is 3. The first-order valence-electron chi connectivity index (χ1n) is 15.0. The molecule has 7 N–H and O–H groups in total. The van der Waals surface area contributed by atoms with Crippen LogP contribution in [0.15, 0.2) is 66.7 Å². The summed E-state index contributed by atoms with van der Waals surface area (Å²) in [6.45, 7) is 4.87. The predicted molar refractivity (Wildman–Crippen MR) is 183 cm³/mol. The zero-order valence-electron chi connectivity index (χ0n) is 28.5. The maximum Gasteiger partial charge on any atom is 0.269 e. The monoisotopic (exact) mass is 699 g/mol. The van der Waals surface area contributed by atoms with Gasteiger partial charge >= 0.3 is 0 Å². The lowest BCUT2D eigenvalue weighted by Crippen LogP contribution is -2.18. The smallest absolute Gasteiger partial charge is 0.269 e. The van der Waals surface area contributed by atoms with Crippen molar-refractivity contribution in [3.05, 3.63) is 112 Å². The Labute approximate surface area is 291 Å². The molecule has 51 heavy (non-hydrogen) atoms. The van der Waals surface area contributed by atoms with Crippen LogP contribution in [0, 0.1) is 0 Å². The highest BCUT2D eigenvalue weighted by molar-refractivity contribution is 5.98. The van der Waals surface area contributed by atoms with Crippen molar-refractivity contribution in [2.45, 2.75) is 33.9 Å². The minimum absolute atomic E-state index is 0.0816. The summed E-state index contributed by atoms with van der Waals surface area (Å²) in [5.41, 5.74) is 18.4. The molecule has 5 aromatic rings. The van der Waals surface area contributed by atoms with E-state index in [4.69, 9.17) is 26.7 Å². The highest BCUT2D eigenvalue weighted by Crippen LogP contribution is 2.16. The number of nitrogens with zero attached hydrogens (tertiary/aromatic N) is 5. The molecule has 3 aromatic heterocycles. The van der Waals surface area contributed by atoms with Gasteiger partial charge in [-0.25, -0.2) is 0 Å². The molecule has 0 radical (unpaired) electrons. The number of amides is 3. The third kappa shape index (κ3) is 10.8. The molecule has 3 heterocycles. The van der Waals surface area contributed by atoms with Gasteiger partial charge in [-0.2, -0.15) is 15.3 Å². The van der Waals surface area contributed by atoms with E-state index < -0.39 is 17.7 Å². The standard InChI is InChI=1S/2C14H15N3O3.C6H7N3O2/c1-9(18)13-7-12(14(15)19)16-17(13)8-10-4-3-5-11(6-10)20-2;1-9(18)12-7-13(14(15)19)17(16-12)8-10-4-3-5-11(6-10)20-2;1-3(10)4-2-5(6(7)11)9-8-4/h2*3-7H,8H2,1-2H3,(H2,15,19);2H,1H3,(H2,7,11)(H,8,9). The normalized spacial score (nSPS) is 10.1. The molecule has 0 bridgehead atoms. The molecule has 0 saturated carbocycles. The third-order valence-corrected chi connectivity index (χ3v) is 6.92. The van der Waals surface area contributed by atoms with E-state index in [2.05, 4.69) is 20.4 Å². The largest absolute Gasteiger partial charge is 0.497 e. The van der Waals surface area contributed by atoms with Gasteiger partial charge in [-0.15, -0.1) is 0 Å². The van der Waals surface area contributed by atoms with Crippen molar-refractivity contribution in [2.75, 3.05) is 14.2 Å². The summed E-state index contributed by atoms with van der Waals surface area (Å²) in [6, 6.07) is 18.9. The topological polar surface area (TPSA) is 263 Å². The van der Waals surface area contributed by atoms with Crippen molar-refractivity contribution in [1.82, 2.24) is 29.8 Å². The molecular formula is C34H37N9O8. The second-order valence-corrected chi connectivity index (χ2v) is 10.8. The molecule has 3 amide bonds. The number of aromatic amines is 1. The highest BCUT2D eigenvalue weighted by atomic mass is 16.5. The number of ether oxygens (including phenoxy) is 2. The zero-order valence-corrected chi connectivity index (χ0v) is 28.5. The van der Waals surface area contributed by atoms with Crippen LogP contribution in [0.5, 0.6) is 11.5 Å². The molecule has 0 saturated heterocycles. The average Bonchev–Trinajstić information content (AvgIpc) is 3.85. The maximum absolute atomic E-state index is 11.6. The van der Waals surface area contributed by atoms with Gasteiger partial charge in [-0.3, -0.25) is 43.2 Å². The quantitative estimate of drug-likeness (QED) is 0.137. The minimum Gasteiger partial charge on any atom is -0.497 e. The lowest BCUT2D eigenvalue weighted by Gasteiger charge is -2.07. The molecule has 17 nitrogen and oxygen atoms in total. The summed E-state index contributed by atoms with van der Waals surface area (Å²) in [7, 11) is 3.16. The van der Waals surface area contributed by atoms with E-state index in [0.29, 0.717) is 30.3 Å². The van der Waals surface area contributed by atoms with Gasteiger partial charge in [0.1, 0.15) is 40.0 Å². The number of aromatic nitrogens is 6. The van der Waals surface area contributed by atoms with Crippen LogP contribution in [0.1, 0.15) is 94.8 Å². The van der Waals surface area contributed by atoms with Crippen LogP contribution in [-0.4, -0.2) is 79.0 Å². The Morgan fingerprint density at radius 1 is 0.608 bits per heavy atom. The van der Waals surface area contributed by atoms with Crippen LogP contribution in [0.3, 0.4) is 0 Å². The number of hydrogen-bond acceptors (Lipinski definition) is 11. The number of primary amides is 3. The Kier molecular flexibility index (Phi) is 13.2. The van der Waals surface area contributed by atoms with Crippen LogP contribution in [0.25, 0.3) is 0 Å². The summed E-state index contributed by atoms with van der Waals surface area (Å²) in [6.07, 6.45) is 0. The third-order valence-electron chi connectivity index (χ3n) is 6.92. The van der Waals surface area contributed by atoms with Crippen molar-refractivity contribution in [3.63, 3.8) is 0 Å². The van der Waals surface area contributed by atoms with Crippen molar-refractivity contribution < 1.29 is 38.2 Å². The number of carbonyl (C=O) groups excluding carboxylic acids is 6. The Balaban J connectivity index is 0.000000216. The van der Waals surface area contributed by atoms with Crippen LogP contribution in [-0.2, 0) is 13.1 Å². The first-order valence-corrected chi connectivity index (χ1v) is 15.0. The first-order chi connectivity index (χ1) is 24.1. The highest BCUT2D eigenvalue weighted by Gasteiger charge is 2.17. The van der Waals surface area contributed by atoms with Gasteiger partial charge in [0.2, 0.25) is 0 Å². The SMILES string of the molecule is CC(=O)c1cc(C(N)=O)[nH]n1.COc1cccc(Cn2nc(C(C)=O)cc2C(N)=O)c1.COc1cccc(Cn2nc(C(N)=O)cc2C(C)=O)c1. The van der Waals surface area contributed by atoms with Crippen LogP contribution in [0.4, 0.5) is 0 Å². The summed E-state index contributed by atoms with van der Waals surface area (Å²) in [5.74, 6) is -1.05. The lowest BCUT2D eigenvalue weighted by molar-refractivity contribution is 0.0983. The van der Waals surface area contributed by atoms with E-state index in [9.17, 15) is 28.8 Å². The molecule has 17 heteroatoms. The minimum atomic E-state index is -0.656. The Hall–Kier alpha value is -6.91. The van der Waals surface area contributed by atoms with Crippen LogP contribution in [0.2, 0.25) is 0 Å². The number of benzene rings is 2. The lowest BCUT2D eigenvalue weighted by atomic mass is 10.2. The summed E-state index contributed by atoms with van der Waals surface area (Å²) >= 11 is 0. The van der Waals surface area contributed by atoms with Crippen molar-refractivity contribution >= 4 is 35.1 Å². The van der Waals surface area contributed by atoms with Crippen LogP contribution >= 0.6 is 0 Å². The van der Waals surface area contributed by atoms with Gasteiger partial charge in [0.15, 0.2) is 23.0 Å². The molecule has 0 spiro atoms. The predicted octanol–water partition coefficient (Wildman–Crippen LogP) is 2.19. The summed E-state index contributed by atoms with van der Waals surface area (Å²) in [4.78, 5) is 66.6. The van der Waals surface area contributed by atoms with Gasteiger partial charge in [-0.1, -0.05) is 24.3 Å². The molecule has 2 aromatic carbocycles. The van der Waals surface area contributed by atoms with Gasteiger partial charge in [0.25, 0.3) is 17.7 Å². The van der Waals surface area contributed by atoms with E-state index in [0.717, 1.165) is 11.1 Å². The summed E-state index contributed by atoms with van der Waals surface area (Å²) < 4.78 is 13.2. The van der Waals surface area contributed by atoms with Crippen molar-refractivity contribution in [1.29, 1.82) is 0 Å². The van der Waals surface area contributed by atoms with E-state index in [1.54, 1.807) is 14.2 Å². The zero-order chi connectivity index (χ0) is 37.8. The number of methoxy groups -OCH3 is 2. The van der Waals surface area contributed by atoms with Gasteiger partial charge < -0.3 is 26.7 Å². The van der Waals surface area contributed by atoms with E-state index >= 15 is 0 Å². The average molecular weight is 700 g/mol. The fourth-order valence-corrected chi connectivity index (χ4v) is 4.36. The number of carbonyl (C=O) groups is 6. The number of H-pyrrole nitrogens is 1. The molecule has 0 atom stereocenters.